The molecule has 1 fully saturated rings. The van der Waals surface area contributed by atoms with E-state index in [4.69, 9.17) is 0 Å². The number of sulfonamides is 1. The van der Waals surface area contributed by atoms with E-state index in [1.54, 1.807) is 29.7 Å². The molecule has 1 aliphatic heterocycles. The first-order valence-electron chi connectivity index (χ1n) is 9.02. The molecule has 27 heavy (non-hydrogen) atoms. The summed E-state index contributed by atoms with van der Waals surface area (Å²) in [7, 11) is -3.63. The second-order valence-corrected chi connectivity index (χ2v) is 10.7. The fourth-order valence-corrected chi connectivity index (χ4v) is 6.09. The molecule has 1 saturated heterocycles. The number of amides is 1. The summed E-state index contributed by atoms with van der Waals surface area (Å²) in [6.07, 6.45) is 2.09. The molecule has 2 N–H and O–H groups in total. The van der Waals surface area contributed by atoms with Crippen LogP contribution in [0.5, 0.6) is 0 Å². The summed E-state index contributed by atoms with van der Waals surface area (Å²) in [5, 5.41) is 6.70. The molecule has 3 rings (SSSR count). The van der Waals surface area contributed by atoms with E-state index in [1.807, 2.05) is 0 Å². The summed E-state index contributed by atoms with van der Waals surface area (Å²) in [6, 6.07) is 6.65. The topological polar surface area (TPSA) is 78.5 Å². The van der Waals surface area contributed by atoms with Crippen LogP contribution in [0.15, 0.2) is 39.2 Å². The van der Waals surface area contributed by atoms with Crippen LogP contribution in [0.2, 0.25) is 0 Å². The van der Waals surface area contributed by atoms with Gasteiger partial charge in [-0.2, -0.15) is 4.72 Å². The van der Waals surface area contributed by atoms with Crippen molar-refractivity contribution >= 4 is 38.6 Å². The van der Waals surface area contributed by atoms with Crippen LogP contribution in [0.3, 0.4) is 0 Å². The summed E-state index contributed by atoms with van der Waals surface area (Å²) in [4.78, 5) is 16.1. The normalized spacial score (nSPS) is 17.7. The Labute approximate surface area is 168 Å². The van der Waals surface area contributed by atoms with Crippen LogP contribution in [0.1, 0.15) is 24.6 Å². The average molecular weight is 428 g/mol. The van der Waals surface area contributed by atoms with E-state index < -0.39 is 16.1 Å². The zero-order valence-corrected chi connectivity index (χ0v) is 17.7. The minimum absolute atomic E-state index is 0.222. The minimum Gasteiger partial charge on any atom is -0.354 e. The van der Waals surface area contributed by atoms with Crippen LogP contribution in [0.25, 0.3) is 0 Å². The first-order valence-corrected chi connectivity index (χ1v) is 12.3. The van der Waals surface area contributed by atoms with Crippen LogP contribution >= 0.6 is 22.7 Å². The lowest BCUT2D eigenvalue weighted by Gasteiger charge is -2.31. The molecule has 0 radical (unpaired) electrons. The van der Waals surface area contributed by atoms with Gasteiger partial charge in [-0.05, 0) is 61.7 Å². The van der Waals surface area contributed by atoms with Gasteiger partial charge < -0.3 is 5.32 Å². The van der Waals surface area contributed by atoms with Crippen LogP contribution < -0.4 is 10.0 Å². The van der Waals surface area contributed by atoms with Gasteiger partial charge in [-0.15, -0.1) is 22.7 Å². The Bertz CT molecular complexity index is 811. The first-order chi connectivity index (χ1) is 12.9. The van der Waals surface area contributed by atoms with Crippen molar-refractivity contribution in [2.45, 2.75) is 36.6 Å². The predicted molar refractivity (Wildman–Crippen MR) is 109 cm³/mol. The Hall–Kier alpha value is -1.26. The van der Waals surface area contributed by atoms with Gasteiger partial charge in [0.1, 0.15) is 4.21 Å². The molecule has 0 aromatic carbocycles. The third kappa shape index (κ3) is 5.86. The molecule has 1 aliphatic rings. The van der Waals surface area contributed by atoms with Crippen molar-refractivity contribution in [3.8, 4) is 0 Å². The molecule has 3 heterocycles. The van der Waals surface area contributed by atoms with Gasteiger partial charge in [0.15, 0.2) is 0 Å². The van der Waals surface area contributed by atoms with E-state index >= 15 is 0 Å². The molecule has 0 bridgehead atoms. The third-order valence-corrected chi connectivity index (χ3v) is 8.52. The maximum atomic E-state index is 12.3. The summed E-state index contributed by atoms with van der Waals surface area (Å²) < 4.78 is 27.1. The van der Waals surface area contributed by atoms with Crippen LogP contribution in [-0.2, 0) is 21.4 Å². The Morgan fingerprint density at radius 1 is 1.22 bits per heavy atom. The number of hydrogen-bond donors (Lipinski definition) is 2. The van der Waals surface area contributed by atoms with Gasteiger partial charge in [0, 0.05) is 18.0 Å². The van der Waals surface area contributed by atoms with Crippen LogP contribution in [0, 0.1) is 5.92 Å². The number of hydrogen-bond acceptors (Lipinski definition) is 6. The highest BCUT2D eigenvalue weighted by atomic mass is 32.2. The smallest absolute Gasteiger partial charge is 0.250 e. The average Bonchev–Trinajstić information content (AvgIpc) is 3.34. The Balaban J connectivity index is 1.39. The lowest BCUT2D eigenvalue weighted by Crippen LogP contribution is -2.46. The highest BCUT2D eigenvalue weighted by Crippen LogP contribution is 2.20. The maximum absolute atomic E-state index is 12.3. The van der Waals surface area contributed by atoms with E-state index in [9.17, 15) is 13.2 Å². The molecule has 148 valence electrons. The first kappa shape index (κ1) is 20.5. The van der Waals surface area contributed by atoms with Crippen molar-refractivity contribution in [1.29, 1.82) is 0 Å². The molecular formula is C18H25N3O3S3. The van der Waals surface area contributed by atoms with Crippen molar-refractivity contribution in [3.63, 3.8) is 0 Å². The van der Waals surface area contributed by atoms with Crippen molar-refractivity contribution in [1.82, 2.24) is 14.9 Å². The monoisotopic (exact) mass is 427 g/mol. The summed E-state index contributed by atoms with van der Waals surface area (Å²) in [6.45, 7) is 5.22. The summed E-state index contributed by atoms with van der Waals surface area (Å²) in [5.74, 6) is 0.158. The van der Waals surface area contributed by atoms with Crippen molar-refractivity contribution < 1.29 is 13.2 Å². The molecule has 1 amide bonds. The van der Waals surface area contributed by atoms with Crippen molar-refractivity contribution in [3.05, 3.63) is 39.9 Å². The van der Waals surface area contributed by atoms with Gasteiger partial charge in [0.05, 0.1) is 6.04 Å². The van der Waals surface area contributed by atoms with Crippen molar-refractivity contribution in [2.75, 3.05) is 19.6 Å². The molecule has 0 spiro atoms. The number of thiophene rings is 2. The molecular weight excluding hydrogens is 402 g/mol. The van der Waals surface area contributed by atoms with E-state index in [0.717, 1.165) is 43.8 Å². The Morgan fingerprint density at radius 2 is 1.93 bits per heavy atom. The number of carbonyl (C=O) groups is 1. The maximum Gasteiger partial charge on any atom is 0.250 e. The SMILES string of the molecule is CC(NS(=O)(=O)c1cccs1)C(=O)NCC1CCN(Cc2cccs2)CC1. The van der Waals surface area contributed by atoms with E-state index in [-0.39, 0.29) is 10.1 Å². The van der Waals surface area contributed by atoms with E-state index in [0.29, 0.717) is 12.5 Å². The molecule has 9 heteroatoms. The molecule has 0 saturated carbocycles. The minimum atomic E-state index is -3.63. The van der Waals surface area contributed by atoms with Gasteiger partial charge >= 0.3 is 0 Å². The highest BCUT2D eigenvalue weighted by Gasteiger charge is 2.24. The highest BCUT2D eigenvalue weighted by molar-refractivity contribution is 7.91. The van der Waals surface area contributed by atoms with Gasteiger partial charge in [0.2, 0.25) is 5.91 Å². The summed E-state index contributed by atoms with van der Waals surface area (Å²) >= 11 is 2.92. The molecule has 2 aromatic heterocycles. The summed E-state index contributed by atoms with van der Waals surface area (Å²) in [5.41, 5.74) is 0. The van der Waals surface area contributed by atoms with Gasteiger partial charge in [0.25, 0.3) is 10.0 Å². The van der Waals surface area contributed by atoms with Crippen LogP contribution in [0.4, 0.5) is 0 Å². The number of nitrogens with zero attached hydrogens (tertiary/aromatic N) is 1. The van der Waals surface area contributed by atoms with Gasteiger partial charge in [-0.3, -0.25) is 9.69 Å². The largest absolute Gasteiger partial charge is 0.354 e. The van der Waals surface area contributed by atoms with E-state index in [1.165, 1.54) is 10.9 Å². The number of rotatable bonds is 8. The standard InChI is InChI=1S/C18H25N3O3S3/c1-14(20-27(23,24)17-5-3-11-26-17)18(22)19-12-15-6-8-21(9-7-15)13-16-4-2-10-25-16/h2-5,10-11,14-15,20H,6-9,12-13H2,1H3,(H,19,22). The zero-order chi connectivity index (χ0) is 19.3. The van der Waals surface area contributed by atoms with Crippen molar-refractivity contribution in [2.24, 2.45) is 5.92 Å². The van der Waals surface area contributed by atoms with Crippen LogP contribution in [-0.4, -0.2) is 44.9 Å². The molecule has 1 atom stereocenters. The lowest BCUT2D eigenvalue weighted by molar-refractivity contribution is -0.122. The fraction of sp³-hybridized carbons (Fsp3) is 0.500. The number of nitrogens with one attached hydrogen (secondary N) is 2. The second-order valence-electron chi connectivity index (χ2n) is 6.82. The number of carbonyl (C=O) groups excluding carboxylic acids is 1. The fourth-order valence-electron chi connectivity index (χ4n) is 3.13. The van der Waals surface area contributed by atoms with Gasteiger partial charge in [-0.1, -0.05) is 12.1 Å². The molecule has 1 unspecified atom stereocenters. The molecule has 0 aliphatic carbocycles. The van der Waals surface area contributed by atoms with E-state index in [2.05, 4.69) is 32.5 Å². The Kier molecular flexibility index (Phi) is 7.04. The van der Waals surface area contributed by atoms with Gasteiger partial charge in [-0.25, -0.2) is 8.42 Å². The molecule has 6 nitrogen and oxygen atoms in total. The Morgan fingerprint density at radius 3 is 2.56 bits per heavy atom. The molecule has 2 aromatic rings. The number of likely N-dealkylation sites (tertiary alicyclic amines) is 1. The quantitative estimate of drug-likeness (QED) is 0.679. The second kappa shape index (κ2) is 9.29. The number of piperidine rings is 1. The third-order valence-electron chi connectivity index (χ3n) is 4.72. The lowest BCUT2D eigenvalue weighted by atomic mass is 9.96. The predicted octanol–water partition coefficient (Wildman–Crippen LogP) is 2.50. The zero-order valence-electron chi connectivity index (χ0n) is 15.3.